The summed E-state index contributed by atoms with van der Waals surface area (Å²) >= 11 is 0. The summed E-state index contributed by atoms with van der Waals surface area (Å²) in [5.41, 5.74) is 6.44. The summed E-state index contributed by atoms with van der Waals surface area (Å²) in [6, 6.07) is 0.473. The van der Waals surface area contributed by atoms with E-state index in [1.165, 1.54) is 70.6 Å². The van der Waals surface area contributed by atoms with Gasteiger partial charge in [0.15, 0.2) is 0 Å². The van der Waals surface area contributed by atoms with Crippen LogP contribution in [-0.2, 0) is 0 Å². The molecule has 1 aliphatic carbocycles. The molecule has 3 unspecified atom stereocenters. The molecule has 19 heavy (non-hydrogen) atoms. The molecule has 1 aliphatic rings. The van der Waals surface area contributed by atoms with Crippen molar-refractivity contribution < 1.29 is 0 Å². The third-order valence-electron chi connectivity index (χ3n) is 4.96. The molecule has 114 valence electrons. The average molecular weight is 268 g/mol. The molecule has 1 rings (SSSR count). The topological polar surface area (TPSA) is 26.0 Å². The van der Waals surface area contributed by atoms with Gasteiger partial charge in [0.2, 0.25) is 0 Å². The van der Waals surface area contributed by atoms with E-state index in [-0.39, 0.29) is 0 Å². The van der Waals surface area contributed by atoms with Crippen LogP contribution in [0.4, 0.5) is 0 Å². The van der Waals surface area contributed by atoms with Crippen LogP contribution in [0.5, 0.6) is 0 Å². The summed E-state index contributed by atoms with van der Waals surface area (Å²) in [5.74, 6) is 2.60. The van der Waals surface area contributed by atoms with Crippen LogP contribution in [0.25, 0.3) is 0 Å². The minimum absolute atomic E-state index is 0.473. The Morgan fingerprint density at radius 3 is 1.95 bits per heavy atom. The minimum Gasteiger partial charge on any atom is -0.327 e. The first-order chi connectivity index (χ1) is 9.13. The molecule has 1 saturated carbocycles. The lowest BCUT2D eigenvalue weighted by Crippen LogP contribution is -2.35. The molecule has 0 aromatic carbocycles. The predicted molar refractivity (Wildman–Crippen MR) is 86.3 cm³/mol. The zero-order valence-electron chi connectivity index (χ0n) is 13.7. The molecule has 0 heterocycles. The van der Waals surface area contributed by atoms with Crippen molar-refractivity contribution in [2.24, 2.45) is 23.5 Å². The van der Waals surface area contributed by atoms with Crippen LogP contribution in [0.3, 0.4) is 0 Å². The van der Waals surface area contributed by atoms with Gasteiger partial charge in [0.25, 0.3) is 0 Å². The predicted octanol–water partition coefficient (Wildman–Crippen LogP) is 5.53. The van der Waals surface area contributed by atoms with E-state index in [1.54, 1.807) is 0 Å². The van der Waals surface area contributed by atoms with Gasteiger partial charge in [-0.05, 0) is 43.4 Å². The van der Waals surface area contributed by atoms with E-state index < -0.39 is 0 Å². The second kappa shape index (κ2) is 9.80. The molecule has 3 atom stereocenters. The Hall–Kier alpha value is -0.0400. The monoisotopic (exact) mass is 267 g/mol. The fraction of sp³-hybridized carbons (Fsp3) is 1.00. The number of hydrogen-bond donors (Lipinski definition) is 1. The zero-order chi connectivity index (χ0) is 14.1. The Labute approximate surface area is 121 Å². The third kappa shape index (κ3) is 7.34. The maximum absolute atomic E-state index is 6.44. The highest BCUT2D eigenvalue weighted by Crippen LogP contribution is 2.35. The van der Waals surface area contributed by atoms with Gasteiger partial charge in [0.1, 0.15) is 0 Å². The quantitative estimate of drug-likeness (QED) is 0.546. The van der Waals surface area contributed by atoms with Crippen LogP contribution >= 0.6 is 0 Å². The van der Waals surface area contributed by atoms with Crippen LogP contribution in [0, 0.1) is 17.8 Å². The molecule has 0 spiro atoms. The van der Waals surface area contributed by atoms with Gasteiger partial charge in [-0.2, -0.15) is 0 Å². The Balaban J connectivity index is 2.05. The standard InChI is InChI=1S/C18H37N/c1-4-5-6-7-8-9-10-11-18(19)17-13-15(2)12-16(3)14-17/h15-18H,4-14,19H2,1-3H3. The van der Waals surface area contributed by atoms with E-state index in [1.807, 2.05) is 0 Å². The van der Waals surface area contributed by atoms with Crippen molar-refractivity contribution >= 4 is 0 Å². The van der Waals surface area contributed by atoms with E-state index in [0.717, 1.165) is 17.8 Å². The molecule has 0 bridgehead atoms. The first-order valence-electron chi connectivity index (χ1n) is 8.89. The van der Waals surface area contributed by atoms with Crippen LogP contribution in [0.2, 0.25) is 0 Å². The number of rotatable bonds is 9. The van der Waals surface area contributed by atoms with Gasteiger partial charge in [-0.25, -0.2) is 0 Å². The van der Waals surface area contributed by atoms with Crippen molar-refractivity contribution in [3.8, 4) is 0 Å². The molecule has 0 amide bonds. The molecule has 2 N–H and O–H groups in total. The highest BCUT2D eigenvalue weighted by atomic mass is 14.7. The highest BCUT2D eigenvalue weighted by molar-refractivity contribution is 4.81. The molecule has 1 nitrogen and oxygen atoms in total. The molecule has 0 radical (unpaired) electrons. The van der Waals surface area contributed by atoms with Gasteiger partial charge in [-0.15, -0.1) is 0 Å². The maximum Gasteiger partial charge on any atom is 0.00673 e. The molecule has 1 heteroatoms. The van der Waals surface area contributed by atoms with Crippen LogP contribution < -0.4 is 5.73 Å². The van der Waals surface area contributed by atoms with Crippen LogP contribution in [0.1, 0.15) is 91.4 Å². The number of unbranched alkanes of at least 4 members (excludes halogenated alkanes) is 6. The molecule has 1 fully saturated rings. The lowest BCUT2D eigenvalue weighted by molar-refractivity contribution is 0.187. The fourth-order valence-corrected chi connectivity index (χ4v) is 3.93. The normalized spacial score (nSPS) is 29.4. The Kier molecular flexibility index (Phi) is 8.77. The van der Waals surface area contributed by atoms with E-state index in [0.29, 0.717) is 6.04 Å². The second-order valence-corrected chi connectivity index (χ2v) is 7.25. The minimum atomic E-state index is 0.473. The van der Waals surface area contributed by atoms with Gasteiger partial charge in [0, 0.05) is 6.04 Å². The number of hydrogen-bond acceptors (Lipinski definition) is 1. The van der Waals surface area contributed by atoms with Crippen molar-refractivity contribution in [2.75, 3.05) is 0 Å². The molecule has 0 aromatic heterocycles. The molecule has 0 saturated heterocycles. The van der Waals surface area contributed by atoms with E-state index in [4.69, 9.17) is 5.73 Å². The number of nitrogens with two attached hydrogens (primary N) is 1. The average Bonchev–Trinajstić information content (AvgIpc) is 2.36. The molecular formula is C18H37N. The van der Waals surface area contributed by atoms with Crippen molar-refractivity contribution in [3.63, 3.8) is 0 Å². The van der Waals surface area contributed by atoms with E-state index in [9.17, 15) is 0 Å². The zero-order valence-corrected chi connectivity index (χ0v) is 13.7. The van der Waals surface area contributed by atoms with Crippen molar-refractivity contribution in [1.29, 1.82) is 0 Å². The van der Waals surface area contributed by atoms with Crippen molar-refractivity contribution in [1.82, 2.24) is 0 Å². The summed E-state index contributed by atoms with van der Waals surface area (Å²) in [4.78, 5) is 0. The molecular weight excluding hydrogens is 230 g/mol. The fourth-order valence-electron chi connectivity index (χ4n) is 3.93. The van der Waals surface area contributed by atoms with E-state index in [2.05, 4.69) is 20.8 Å². The summed E-state index contributed by atoms with van der Waals surface area (Å²) in [6.45, 7) is 7.09. The van der Waals surface area contributed by atoms with Crippen molar-refractivity contribution in [2.45, 2.75) is 97.4 Å². The second-order valence-electron chi connectivity index (χ2n) is 7.25. The highest BCUT2D eigenvalue weighted by Gasteiger charge is 2.27. The summed E-state index contributed by atoms with van der Waals surface area (Å²) < 4.78 is 0. The first-order valence-corrected chi connectivity index (χ1v) is 8.89. The van der Waals surface area contributed by atoms with Gasteiger partial charge < -0.3 is 5.73 Å². The maximum atomic E-state index is 6.44. The lowest BCUT2D eigenvalue weighted by Gasteiger charge is -2.35. The molecule has 0 aliphatic heterocycles. The van der Waals surface area contributed by atoms with Crippen LogP contribution in [0.15, 0.2) is 0 Å². The van der Waals surface area contributed by atoms with E-state index >= 15 is 0 Å². The SMILES string of the molecule is CCCCCCCCCC(N)C1CC(C)CC(C)C1. The summed E-state index contributed by atoms with van der Waals surface area (Å²) in [6.07, 6.45) is 15.2. The largest absolute Gasteiger partial charge is 0.327 e. The summed E-state index contributed by atoms with van der Waals surface area (Å²) in [7, 11) is 0. The van der Waals surface area contributed by atoms with Gasteiger partial charge in [-0.3, -0.25) is 0 Å². The van der Waals surface area contributed by atoms with Gasteiger partial charge in [-0.1, -0.05) is 65.7 Å². The van der Waals surface area contributed by atoms with Crippen molar-refractivity contribution in [3.05, 3.63) is 0 Å². The van der Waals surface area contributed by atoms with Crippen LogP contribution in [-0.4, -0.2) is 6.04 Å². The Morgan fingerprint density at radius 1 is 0.842 bits per heavy atom. The van der Waals surface area contributed by atoms with Gasteiger partial charge >= 0.3 is 0 Å². The Bertz CT molecular complexity index is 204. The smallest absolute Gasteiger partial charge is 0.00673 e. The third-order valence-corrected chi connectivity index (χ3v) is 4.96. The van der Waals surface area contributed by atoms with Gasteiger partial charge in [0.05, 0.1) is 0 Å². The lowest BCUT2D eigenvalue weighted by atomic mass is 9.73. The first kappa shape index (κ1) is 17.0. The Morgan fingerprint density at radius 2 is 1.37 bits per heavy atom. The molecule has 0 aromatic rings. The summed E-state index contributed by atoms with van der Waals surface area (Å²) in [5, 5.41) is 0.